The Bertz CT molecular complexity index is 3130. The van der Waals surface area contributed by atoms with Gasteiger partial charge in [-0.1, -0.05) is 151 Å². The average Bonchev–Trinajstić information content (AvgIpc) is 3.22. The molecule has 0 saturated heterocycles. The normalized spacial score (nSPS) is 12.2. The van der Waals surface area contributed by atoms with Crippen LogP contribution in [-0.2, 0) is 0 Å². The number of nitrogens with zero attached hydrogens (tertiary/aromatic N) is 1. The van der Waals surface area contributed by atoms with Crippen LogP contribution in [-0.4, -0.2) is 4.57 Å². The van der Waals surface area contributed by atoms with Gasteiger partial charge in [0, 0.05) is 26.1 Å². The van der Waals surface area contributed by atoms with Crippen LogP contribution in [0.2, 0.25) is 0 Å². The summed E-state index contributed by atoms with van der Waals surface area (Å²) >= 11 is 1.77. The number of rotatable bonds is 3. The van der Waals surface area contributed by atoms with Crippen LogP contribution in [0.3, 0.4) is 0 Å². The van der Waals surface area contributed by atoms with E-state index in [2.05, 4.69) is 158 Å². The minimum atomic E-state index is 0.00399. The van der Waals surface area contributed by atoms with E-state index in [1.807, 2.05) is 22.8 Å². The van der Waals surface area contributed by atoms with Gasteiger partial charge in [0.2, 0.25) is 0 Å². The first-order valence-corrected chi connectivity index (χ1v) is 18.5. The third kappa shape index (κ3) is 4.30. The van der Waals surface area contributed by atoms with Gasteiger partial charge < -0.3 is 0 Å². The third-order valence-electron chi connectivity index (χ3n) is 10.7. The number of hydrogen-bond acceptors (Lipinski definition) is 2. The van der Waals surface area contributed by atoms with Crippen LogP contribution in [0.15, 0.2) is 191 Å². The number of aromatic nitrogens is 1. The minimum Gasteiger partial charge on any atom is -0.273 e. The Kier molecular flexibility index (Phi) is 6.37. The summed E-state index contributed by atoms with van der Waals surface area (Å²) in [6, 6.07) is 62.5. The number of benzene rings is 9. The highest BCUT2D eigenvalue weighted by Gasteiger charge is 2.27. The largest absolute Gasteiger partial charge is 0.273 e. The molecule has 0 aliphatic carbocycles. The Labute approximate surface area is 304 Å². The lowest BCUT2D eigenvalue weighted by atomic mass is 9.90. The van der Waals surface area contributed by atoms with Gasteiger partial charge in [-0.15, -0.1) is 0 Å². The Morgan fingerprint density at radius 3 is 1.42 bits per heavy atom. The van der Waals surface area contributed by atoms with Crippen LogP contribution in [0, 0.1) is 0 Å². The van der Waals surface area contributed by atoms with Crippen molar-refractivity contribution in [1.29, 1.82) is 0 Å². The molecule has 0 N–H and O–H groups in total. The van der Waals surface area contributed by atoms with Crippen molar-refractivity contribution in [2.45, 2.75) is 9.79 Å². The van der Waals surface area contributed by atoms with Crippen molar-refractivity contribution in [3.05, 3.63) is 186 Å². The maximum Gasteiger partial charge on any atom is 0.263 e. The molecule has 0 saturated carbocycles. The van der Waals surface area contributed by atoms with Crippen molar-refractivity contribution in [1.82, 2.24) is 4.57 Å². The predicted molar refractivity (Wildman–Crippen MR) is 220 cm³/mol. The van der Waals surface area contributed by atoms with Gasteiger partial charge in [0.1, 0.15) is 0 Å². The quantitative estimate of drug-likeness (QED) is 0.173. The van der Waals surface area contributed by atoms with Gasteiger partial charge in [0.15, 0.2) is 0 Å². The fourth-order valence-electron chi connectivity index (χ4n) is 8.39. The highest BCUT2D eigenvalue weighted by molar-refractivity contribution is 7.99. The minimum absolute atomic E-state index is 0.00399. The van der Waals surface area contributed by atoms with E-state index in [4.69, 9.17) is 0 Å². The maximum absolute atomic E-state index is 14.9. The Morgan fingerprint density at radius 1 is 0.346 bits per heavy atom. The van der Waals surface area contributed by atoms with Gasteiger partial charge in [0.25, 0.3) is 5.56 Å². The molecule has 9 aromatic carbocycles. The first-order chi connectivity index (χ1) is 25.7. The Hall–Kier alpha value is -6.42. The van der Waals surface area contributed by atoms with Crippen LogP contribution in [0.25, 0.3) is 93.1 Å². The lowest BCUT2D eigenvalue weighted by Crippen LogP contribution is -2.23. The van der Waals surface area contributed by atoms with E-state index in [1.165, 1.54) is 32.3 Å². The molecule has 10 aromatic rings. The summed E-state index contributed by atoms with van der Waals surface area (Å²) in [5.74, 6) is 0. The monoisotopic (exact) mass is 679 g/mol. The highest BCUT2D eigenvalue weighted by Crippen LogP contribution is 2.50. The molecule has 11 rings (SSSR count). The lowest BCUT2D eigenvalue weighted by molar-refractivity contribution is 1.00. The molecule has 2 nitrogen and oxygen atoms in total. The summed E-state index contributed by atoms with van der Waals surface area (Å²) in [5.41, 5.74) is 8.60. The zero-order chi connectivity index (χ0) is 34.3. The number of hydrogen-bond donors (Lipinski definition) is 0. The van der Waals surface area contributed by atoms with E-state index >= 15 is 0 Å². The van der Waals surface area contributed by atoms with E-state index in [9.17, 15) is 4.79 Å². The molecule has 0 unspecified atom stereocenters. The molecule has 52 heavy (non-hydrogen) atoms. The Balaban J connectivity index is 1.27. The molecule has 0 atom stereocenters. The second-order valence-corrected chi connectivity index (χ2v) is 14.7. The number of fused-ring (bicyclic) bond motifs is 10. The lowest BCUT2D eigenvalue weighted by Gasteiger charge is -2.27. The Morgan fingerprint density at radius 2 is 0.808 bits per heavy atom. The maximum atomic E-state index is 14.9. The molecule has 0 radical (unpaired) electrons. The molecule has 0 amide bonds. The molecule has 242 valence electrons. The van der Waals surface area contributed by atoms with Crippen molar-refractivity contribution in [3.63, 3.8) is 0 Å². The second-order valence-electron chi connectivity index (χ2n) is 13.6. The fourth-order valence-corrected chi connectivity index (χ4v) is 9.59. The SMILES string of the molecule is O=c1c2ccccc2c2cc(-c3ccccc3)cc3c2n1-c1c(cc(-c2ccccc2)cc1-c1ccc2c4ccccc4c4ccccc4c2c1)S3. The van der Waals surface area contributed by atoms with E-state index in [0.717, 1.165) is 70.5 Å². The van der Waals surface area contributed by atoms with Gasteiger partial charge in [-0.25, -0.2) is 0 Å². The summed E-state index contributed by atoms with van der Waals surface area (Å²) in [4.78, 5) is 17.1. The summed E-state index contributed by atoms with van der Waals surface area (Å²) in [6.45, 7) is 0. The molecule has 1 aliphatic rings. The molecular weight excluding hydrogens is 651 g/mol. The van der Waals surface area contributed by atoms with Crippen LogP contribution in [0.5, 0.6) is 0 Å². The third-order valence-corrected chi connectivity index (χ3v) is 11.8. The van der Waals surface area contributed by atoms with E-state index in [0.29, 0.717) is 0 Å². The van der Waals surface area contributed by atoms with Crippen molar-refractivity contribution >= 4 is 65.8 Å². The predicted octanol–water partition coefficient (Wildman–Crippen LogP) is 13.1. The molecule has 3 heteroatoms. The summed E-state index contributed by atoms with van der Waals surface area (Å²) in [5, 5.41) is 10.2. The molecule has 0 spiro atoms. The van der Waals surface area contributed by atoms with Crippen molar-refractivity contribution in [2.24, 2.45) is 0 Å². The highest BCUT2D eigenvalue weighted by atomic mass is 32.2. The first kappa shape index (κ1) is 29.3. The second kappa shape index (κ2) is 11.3. The average molecular weight is 680 g/mol. The fraction of sp³-hybridized carbons (Fsp3) is 0. The van der Waals surface area contributed by atoms with Gasteiger partial charge in [-0.05, 0) is 102 Å². The molecular formula is C49H29NOS. The molecule has 1 aromatic heterocycles. The number of pyridine rings is 1. The van der Waals surface area contributed by atoms with E-state index < -0.39 is 0 Å². The molecule has 0 fully saturated rings. The zero-order valence-electron chi connectivity index (χ0n) is 28.0. The summed E-state index contributed by atoms with van der Waals surface area (Å²) in [7, 11) is 0. The van der Waals surface area contributed by atoms with Crippen LogP contribution in [0.4, 0.5) is 0 Å². The van der Waals surface area contributed by atoms with Crippen molar-refractivity contribution in [3.8, 4) is 39.1 Å². The summed E-state index contributed by atoms with van der Waals surface area (Å²) < 4.78 is 2.01. The van der Waals surface area contributed by atoms with Gasteiger partial charge in [0.05, 0.1) is 11.2 Å². The molecule has 2 heterocycles. The smallest absolute Gasteiger partial charge is 0.263 e. The van der Waals surface area contributed by atoms with Gasteiger partial charge >= 0.3 is 0 Å². The molecule has 0 bridgehead atoms. The zero-order valence-corrected chi connectivity index (χ0v) is 28.8. The van der Waals surface area contributed by atoms with Crippen LogP contribution in [0.1, 0.15) is 0 Å². The molecule has 1 aliphatic heterocycles. The topological polar surface area (TPSA) is 22.0 Å². The van der Waals surface area contributed by atoms with Crippen molar-refractivity contribution in [2.75, 3.05) is 0 Å². The van der Waals surface area contributed by atoms with Crippen LogP contribution >= 0.6 is 11.8 Å². The summed E-state index contributed by atoms with van der Waals surface area (Å²) in [6.07, 6.45) is 0. The standard InChI is InChI=1S/C49H29NOS/c51-49-41-22-12-11-21-39(41)44-27-34(31-15-5-2-6-16-31)29-46-48(44)50(49)47-42(26-33(28-45(47)52-46)30-13-3-1-4-14-30)32-23-24-40-37-19-8-7-17-35(37)36-18-9-10-20-38(36)43(40)25-32/h1-29H. The first-order valence-electron chi connectivity index (χ1n) is 17.6. The van der Waals surface area contributed by atoms with Gasteiger partial charge in [-0.3, -0.25) is 9.36 Å². The van der Waals surface area contributed by atoms with Gasteiger partial charge in [-0.2, -0.15) is 0 Å². The van der Waals surface area contributed by atoms with Crippen LogP contribution < -0.4 is 5.56 Å². The van der Waals surface area contributed by atoms with E-state index in [-0.39, 0.29) is 5.56 Å². The van der Waals surface area contributed by atoms with E-state index in [1.54, 1.807) is 11.8 Å². The van der Waals surface area contributed by atoms with Crippen molar-refractivity contribution < 1.29 is 0 Å².